The molecule has 9 atom stereocenters. The van der Waals surface area contributed by atoms with Crippen molar-refractivity contribution in [3.63, 3.8) is 0 Å². The van der Waals surface area contributed by atoms with Gasteiger partial charge in [0.05, 0.1) is 41.3 Å². The number of aromatic nitrogens is 4. The van der Waals surface area contributed by atoms with E-state index in [1.54, 1.807) is 0 Å². The van der Waals surface area contributed by atoms with Crippen LogP contribution in [0.4, 0.5) is 4.79 Å². The van der Waals surface area contributed by atoms with E-state index in [1.165, 1.54) is 18.2 Å². The fourth-order valence-electron chi connectivity index (χ4n) is 11.7. The topological polar surface area (TPSA) is 161 Å². The Hall–Kier alpha value is -5.05. The summed E-state index contributed by atoms with van der Waals surface area (Å²) in [6, 6.07) is 16.3. The third kappa shape index (κ3) is 5.51. The van der Waals surface area contributed by atoms with E-state index in [9.17, 15) is 14.4 Å². The lowest BCUT2D eigenvalue weighted by Gasteiger charge is -2.53. The maximum atomic E-state index is 14.1. The molecule has 6 heterocycles. The molecule has 3 aromatic carbocycles. The highest BCUT2D eigenvalue weighted by Gasteiger charge is 2.75. The number of piperidine rings is 2. The highest BCUT2D eigenvalue weighted by atomic mass is 16.5. The molecule has 4 saturated heterocycles. The van der Waals surface area contributed by atoms with Gasteiger partial charge in [0.15, 0.2) is 0 Å². The van der Waals surface area contributed by atoms with Crippen LogP contribution in [0.3, 0.4) is 0 Å². The van der Waals surface area contributed by atoms with E-state index < -0.39 is 12.1 Å². The summed E-state index contributed by atoms with van der Waals surface area (Å²) < 4.78 is 10.8. The molecule has 308 valence electrons. The van der Waals surface area contributed by atoms with E-state index in [0.717, 1.165) is 89.4 Å². The fourth-order valence-corrected chi connectivity index (χ4v) is 11.7. The lowest BCUT2D eigenvalue weighted by Crippen LogP contribution is -2.72. The number of carbonyl (C=O) groups is 3. The molecule has 2 aromatic heterocycles. The lowest BCUT2D eigenvalue weighted by molar-refractivity contribution is -0.182. The number of rotatable bonds is 9. The average Bonchev–Trinajstić information content (AvgIpc) is 3.74. The first kappa shape index (κ1) is 37.0. The van der Waals surface area contributed by atoms with Gasteiger partial charge in [-0.3, -0.25) is 14.5 Å². The molecule has 1 spiro atoms. The molecule has 2 aliphatic carbocycles. The Balaban J connectivity index is 0.807. The summed E-state index contributed by atoms with van der Waals surface area (Å²) in [7, 11) is 3.21. The minimum absolute atomic E-state index is 0.0887. The van der Waals surface area contributed by atoms with Crippen LogP contribution in [0, 0.1) is 17.8 Å². The minimum Gasteiger partial charge on any atom is -0.453 e. The summed E-state index contributed by atoms with van der Waals surface area (Å²) in [6.07, 6.45) is 5.72. The number of ether oxygens (including phenoxy) is 2. The number of nitrogens with one attached hydrogen (secondary N) is 4. The van der Waals surface area contributed by atoms with Crippen LogP contribution in [0.15, 0.2) is 48.5 Å². The van der Waals surface area contributed by atoms with Crippen molar-refractivity contribution in [3.05, 3.63) is 71.3 Å². The van der Waals surface area contributed by atoms with Crippen molar-refractivity contribution >= 4 is 50.7 Å². The van der Waals surface area contributed by atoms with Gasteiger partial charge in [0, 0.05) is 29.5 Å². The van der Waals surface area contributed by atoms with E-state index >= 15 is 0 Å². The molecule has 14 nitrogen and oxygen atoms in total. The smallest absolute Gasteiger partial charge is 0.407 e. The second kappa shape index (κ2) is 13.2. The van der Waals surface area contributed by atoms with Crippen molar-refractivity contribution in [2.24, 2.45) is 17.8 Å². The number of imidazole rings is 2. The SMILES string of the molecule is CN[C@@H]1C(=O)N2[C@H](c3nc4c(ccc5cc(CCc6ccc7nc([C@@H]8C[C@H]9CC9(C)N8C(=O)C(NC(=O)OC)C(C)C)[nH]c7c6)ccc54)[nH]3)C[C@H]3C[C@]32N2COCCC12. The number of H-pyrrole nitrogens is 2. The van der Waals surface area contributed by atoms with Gasteiger partial charge in [-0.25, -0.2) is 14.8 Å². The molecule has 11 rings (SSSR count). The van der Waals surface area contributed by atoms with Crippen LogP contribution in [-0.2, 0) is 31.9 Å². The Morgan fingerprint density at radius 3 is 2.53 bits per heavy atom. The van der Waals surface area contributed by atoms with E-state index in [0.29, 0.717) is 25.2 Å². The minimum atomic E-state index is -0.683. The van der Waals surface area contributed by atoms with Crippen molar-refractivity contribution in [2.75, 3.05) is 27.5 Å². The molecule has 3 amide bonds. The summed E-state index contributed by atoms with van der Waals surface area (Å²) in [6.45, 7) is 7.30. The van der Waals surface area contributed by atoms with Gasteiger partial charge in [-0.2, -0.15) is 0 Å². The van der Waals surface area contributed by atoms with Gasteiger partial charge in [-0.1, -0.05) is 44.2 Å². The summed E-state index contributed by atoms with van der Waals surface area (Å²) in [4.78, 5) is 64.4. The number of aromatic amines is 2. The van der Waals surface area contributed by atoms with Gasteiger partial charge in [0.25, 0.3) is 0 Å². The average molecular weight is 800 g/mol. The Morgan fingerprint density at radius 2 is 1.73 bits per heavy atom. The van der Waals surface area contributed by atoms with E-state index in [1.807, 2.05) is 25.8 Å². The predicted molar refractivity (Wildman–Crippen MR) is 221 cm³/mol. The Bertz CT molecular complexity index is 2550. The number of hydrogen-bond acceptors (Lipinski definition) is 9. The fraction of sp³-hybridized carbons (Fsp3) is 0.533. The van der Waals surface area contributed by atoms with Gasteiger partial charge in [0.1, 0.15) is 36.1 Å². The molecule has 0 radical (unpaired) electrons. The van der Waals surface area contributed by atoms with Gasteiger partial charge in [-0.15, -0.1) is 0 Å². The van der Waals surface area contributed by atoms with E-state index in [-0.39, 0.29) is 53.1 Å². The number of alkyl carbamates (subject to hydrolysis) is 1. The van der Waals surface area contributed by atoms with Gasteiger partial charge < -0.3 is 39.9 Å². The van der Waals surface area contributed by atoms with Crippen molar-refractivity contribution in [3.8, 4) is 0 Å². The monoisotopic (exact) mass is 799 g/mol. The number of nitrogens with zero attached hydrogens (tertiary/aromatic N) is 5. The number of hydrogen-bond donors (Lipinski definition) is 4. The number of carbonyl (C=O) groups excluding carboxylic acids is 3. The van der Waals surface area contributed by atoms with Crippen LogP contribution in [0.1, 0.15) is 87.7 Å². The molecule has 4 aliphatic heterocycles. The van der Waals surface area contributed by atoms with Crippen LogP contribution in [0.25, 0.3) is 32.8 Å². The van der Waals surface area contributed by atoms with Crippen LogP contribution >= 0.6 is 0 Å². The van der Waals surface area contributed by atoms with Crippen LogP contribution < -0.4 is 10.6 Å². The predicted octanol–water partition coefficient (Wildman–Crippen LogP) is 5.45. The second-order valence-electron chi connectivity index (χ2n) is 18.6. The Morgan fingerprint density at radius 1 is 0.966 bits per heavy atom. The molecule has 59 heavy (non-hydrogen) atoms. The summed E-state index contributed by atoms with van der Waals surface area (Å²) in [5, 5.41) is 8.37. The largest absolute Gasteiger partial charge is 0.453 e. The molecule has 14 heteroatoms. The van der Waals surface area contributed by atoms with Gasteiger partial charge >= 0.3 is 6.09 Å². The highest BCUT2D eigenvalue weighted by Crippen LogP contribution is 2.66. The van der Waals surface area contributed by atoms with Crippen molar-refractivity contribution in [2.45, 2.75) is 107 Å². The van der Waals surface area contributed by atoms with E-state index in [4.69, 9.17) is 19.4 Å². The summed E-state index contributed by atoms with van der Waals surface area (Å²) in [5.41, 5.74) is 5.74. The zero-order chi connectivity index (χ0) is 40.5. The zero-order valence-electron chi connectivity index (χ0n) is 34.4. The summed E-state index contributed by atoms with van der Waals surface area (Å²) >= 11 is 0. The van der Waals surface area contributed by atoms with Crippen molar-refractivity contribution in [1.82, 2.24) is 45.3 Å². The van der Waals surface area contributed by atoms with Gasteiger partial charge in [-0.05, 0) is 105 Å². The molecule has 6 aliphatic rings. The first-order valence-corrected chi connectivity index (χ1v) is 21.4. The molecular weight excluding hydrogens is 747 g/mol. The maximum Gasteiger partial charge on any atom is 0.407 e. The molecule has 3 unspecified atom stereocenters. The quantitative estimate of drug-likeness (QED) is 0.152. The Labute approximate surface area is 342 Å². The Kier molecular flexibility index (Phi) is 8.29. The standard InChI is InChI=1S/C45H53N9O5/c1-23(2)36(51-43(57)58-5)41(55)53-34(18-27-20-44(27,53)3)39-47-30-12-9-25(17-32(30)49-39)7-6-24-8-11-29-26(16-24)10-13-31-37(29)50-40(48-31)35-19-28-21-45(28)52-22-59-15-14-33(52)38(46-4)42(56)54(35)45/h8-13,16-17,23,27-28,33-36,38,46H,6-7,14-15,18-22H2,1-5H3,(H,47,49)(H,48,50)(H,51,57)/t27-,28-,33?,34-,35-,36?,38-,44?,45+/m0/s1. The number of aryl methyl sites for hydroxylation is 2. The van der Waals surface area contributed by atoms with Crippen LogP contribution in [-0.4, -0.2) is 109 Å². The number of fused-ring (bicyclic) bond motifs is 6. The molecule has 0 bridgehead atoms. The lowest BCUT2D eigenvalue weighted by atomic mass is 9.95. The normalized spacial score (nSPS) is 31.4. The highest BCUT2D eigenvalue weighted by molar-refractivity contribution is 6.04. The number of benzene rings is 3. The number of methoxy groups -OCH3 is 1. The van der Waals surface area contributed by atoms with E-state index in [2.05, 4.69) is 85.9 Å². The molecule has 5 aromatic rings. The van der Waals surface area contributed by atoms with Gasteiger partial charge in [0.2, 0.25) is 11.8 Å². The third-order valence-electron chi connectivity index (χ3n) is 15.0. The molecule has 4 N–H and O–H groups in total. The molecule has 2 saturated carbocycles. The summed E-state index contributed by atoms with van der Waals surface area (Å²) in [5.74, 6) is 2.51. The van der Waals surface area contributed by atoms with Crippen LogP contribution in [0.2, 0.25) is 0 Å². The first-order chi connectivity index (χ1) is 28.5. The first-order valence-electron chi connectivity index (χ1n) is 21.4. The third-order valence-corrected chi connectivity index (χ3v) is 15.0. The molecular formula is C45H53N9O5. The number of amides is 3. The zero-order valence-corrected chi connectivity index (χ0v) is 34.4. The van der Waals surface area contributed by atoms with Crippen molar-refractivity contribution < 1.29 is 23.9 Å². The second-order valence-corrected chi connectivity index (χ2v) is 18.6. The maximum absolute atomic E-state index is 14.1. The number of likely N-dealkylation sites (N-methyl/N-ethyl adjacent to an activating group) is 1. The molecule has 6 fully saturated rings. The number of likely N-dealkylation sites (tertiary alicyclic amines) is 1. The van der Waals surface area contributed by atoms with Crippen LogP contribution in [0.5, 0.6) is 0 Å². The van der Waals surface area contributed by atoms with Crippen molar-refractivity contribution in [1.29, 1.82) is 0 Å².